The molecular formula is C12H7ClN2O3. The van der Waals surface area contributed by atoms with Gasteiger partial charge >= 0.3 is 5.97 Å². The highest BCUT2D eigenvalue weighted by molar-refractivity contribution is 6.36. The molecule has 18 heavy (non-hydrogen) atoms. The maximum Gasteiger partial charge on any atom is 0.308 e. The minimum absolute atomic E-state index is 0.0196. The number of carbonyl (C=O) groups excluding carboxylic acids is 1. The highest BCUT2D eigenvalue weighted by atomic mass is 35.5. The zero-order valence-electron chi connectivity index (χ0n) is 9.27. The molecule has 2 aromatic rings. The molecule has 1 aromatic heterocycles. The summed E-state index contributed by atoms with van der Waals surface area (Å²) in [5.74, 6) is -0.801. The number of aromatic hydroxyl groups is 1. The second kappa shape index (κ2) is 4.51. The van der Waals surface area contributed by atoms with E-state index < -0.39 is 5.97 Å². The molecule has 0 aliphatic heterocycles. The van der Waals surface area contributed by atoms with Crippen molar-refractivity contribution in [3.05, 3.63) is 28.9 Å². The number of carbonyl (C=O) groups is 1. The molecule has 90 valence electrons. The van der Waals surface area contributed by atoms with E-state index in [2.05, 4.69) is 4.98 Å². The summed E-state index contributed by atoms with van der Waals surface area (Å²) in [7, 11) is 0. The van der Waals surface area contributed by atoms with E-state index in [1.807, 2.05) is 6.07 Å². The molecule has 0 unspecified atom stereocenters. The number of aromatic nitrogens is 1. The van der Waals surface area contributed by atoms with Gasteiger partial charge in [0, 0.05) is 24.6 Å². The van der Waals surface area contributed by atoms with Crippen molar-refractivity contribution in [2.24, 2.45) is 0 Å². The molecule has 0 atom stereocenters. The summed E-state index contributed by atoms with van der Waals surface area (Å²) < 4.78 is 4.82. The van der Waals surface area contributed by atoms with Crippen molar-refractivity contribution in [1.29, 1.82) is 5.26 Å². The van der Waals surface area contributed by atoms with Gasteiger partial charge in [-0.05, 0) is 6.07 Å². The van der Waals surface area contributed by atoms with Gasteiger partial charge in [0.2, 0.25) is 0 Å². The molecule has 0 amide bonds. The number of hydrogen-bond acceptors (Lipinski definition) is 5. The summed E-state index contributed by atoms with van der Waals surface area (Å²) in [6.45, 7) is 1.22. The number of nitrogens with zero attached hydrogens (tertiary/aromatic N) is 2. The first kappa shape index (κ1) is 12.1. The normalized spacial score (nSPS) is 10.1. The molecule has 2 rings (SSSR count). The van der Waals surface area contributed by atoms with Gasteiger partial charge in [0.05, 0.1) is 16.1 Å². The van der Waals surface area contributed by atoms with Crippen LogP contribution in [0.25, 0.3) is 10.9 Å². The number of esters is 1. The molecule has 1 aromatic carbocycles. The molecule has 0 aliphatic carbocycles. The lowest BCUT2D eigenvalue weighted by atomic mass is 10.1. The predicted molar refractivity (Wildman–Crippen MR) is 64.4 cm³/mol. The minimum atomic E-state index is -0.565. The zero-order valence-corrected chi connectivity index (χ0v) is 10.0. The van der Waals surface area contributed by atoms with Gasteiger partial charge in [0.25, 0.3) is 0 Å². The number of pyridine rings is 1. The third-order valence-electron chi connectivity index (χ3n) is 2.26. The van der Waals surface area contributed by atoms with Crippen molar-refractivity contribution in [3.8, 4) is 17.6 Å². The summed E-state index contributed by atoms with van der Waals surface area (Å²) in [5, 5.41) is 19.1. The number of nitriles is 1. The molecule has 1 heterocycles. The van der Waals surface area contributed by atoms with E-state index in [-0.39, 0.29) is 22.1 Å². The Morgan fingerprint density at radius 3 is 2.89 bits per heavy atom. The fraction of sp³-hybridized carbons (Fsp3) is 0.0833. The van der Waals surface area contributed by atoms with Gasteiger partial charge in [-0.15, -0.1) is 0 Å². The molecule has 0 radical (unpaired) electrons. The molecule has 6 heteroatoms. The van der Waals surface area contributed by atoms with Crippen molar-refractivity contribution in [2.45, 2.75) is 6.92 Å². The van der Waals surface area contributed by atoms with Crippen LogP contribution in [0, 0.1) is 11.3 Å². The van der Waals surface area contributed by atoms with Crippen LogP contribution in [0.5, 0.6) is 11.5 Å². The van der Waals surface area contributed by atoms with Crippen molar-refractivity contribution in [3.63, 3.8) is 0 Å². The maximum absolute atomic E-state index is 10.9. The van der Waals surface area contributed by atoms with Crippen molar-refractivity contribution >= 4 is 28.5 Å². The summed E-state index contributed by atoms with van der Waals surface area (Å²) >= 11 is 6.02. The molecule has 5 nitrogen and oxygen atoms in total. The topological polar surface area (TPSA) is 83.2 Å². The molecule has 0 spiro atoms. The molecule has 0 fully saturated rings. The van der Waals surface area contributed by atoms with Gasteiger partial charge in [-0.3, -0.25) is 9.78 Å². The van der Waals surface area contributed by atoms with Crippen LogP contribution in [0.4, 0.5) is 0 Å². The lowest BCUT2D eigenvalue weighted by molar-refractivity contribution is -0.132. The van der Waals surface area contributed by atoms with Gasteiger partial charge in [-0.2, -0.15) is 5.26 Å². The Bertz CT molecular complexity index is 692. The second-order valence-electron chi connectivity index (χ2n) is 3.53. The monoisotopic (exact) mass is 262 g/mol. The molecular weight excluding hydrogens is 256 g/mol. The van der Waals surface area contributed by atoms with Gasteiger partial charge in [-0.1, -0.05) is 11.6 Å². The number of hydrogen-bond donors (Lipinski definition) is 1. The lowest BCUT2D eigenvalue weighted by Gasteiger charge is -2.07. The van der Waals surface area contributed by atoms with Crippen molar-refractivity contribution in [1.82, 2.24) is 4.98 Å². The number of benzene rings is 1. The van der Waals surface area contributed by atoms with Crippen LogP contribution in [-0.4, -0.2) is 16.1 Å². The molecule has 0 bridgehead atoms. The highest BCUT2D eigenvalue weighted by Gasteiger charge is 2.12. The van der Waals surface area contributed by atoms with Crippen LogP contribution in [0.2, 0.25) is 5.02 Å². The van der Waals surface area contributed by atoms with E-state index in [4.69, 9.17) is 21.6 Å². The number of rotatable bonds is 1. The van der Waals surface area contributed by atoms with E-state index in [1.54, 1.807) is 0 Å². The highest BCUT2D eigenvalue weighted by Crippen LogP contribution is 2.34. The van der Waals surface area contributed by atoms with Crippen LogP contribution in [0.15, 0.2) is 18.3 Å². The molecule has 1 N–H and O–H groups in total. The number of phenols is 1. The smallest absolute Gasteiger partial charge is 0.308 e. The summed E-state index contributed by atoms with van der Waals surface area (Å²) in [5.41, 5.74) is 0.621. The third kappa shape index (κ3) is 2.06. The first-order valence-electron chi connectivity index (χ1n) is 4.92. The van der Waals surface area contributed by atoms with Crippen LogP contribution in [0.1, 0.15) is 12.5 Å². The number of phenolic OH excluding ortho intramolecular Hbond substituents is 1. The quantitative estimate of drug-likeness (QED) is 0.630. The van der Waals surface area contributed by atoms with E-state index in [9.17, 15) is 9.90 Å². The molecule has 0 aliphatic rings. The van der Waals surface area contributed by atoms with Gasteiger partial charge in [-0.25, -0.2) is 0 Å². The average molecular weight is 263 g/mol. The van der Waals surface area contributed by atoms with E-state index in [1.165, 1.54) is 25.3 Å². The van der Waals surface area contributed by atoms with Crippen molar-refractivity contribution < 1.29 is 14.6 Å². The summed E-state index contributed by atoms with van der Waals surface area (Å²) in [4.78, 5) is 14.9. The van der Waals surface area contributed by atoms with Crippen molar-refractivity contribution in [2.75, 3.05) is 0 Å². The molecule has 0 saturated heterocycles. The Balaban J connectivity index is 2.71. The van der Waals surface area contributed by atoms with Crippen LogP contribution in [-0.2, 0) is 4.79 Å². The minimum Gasteiger partial charge on any atom is -0.504 e. The van der Waals surface area contributed by atoms with E-state index in [0.29, 0.717) is 10.9 Å². The number of ether oxygens (including phenoxy) is 1. The van der Waals surface area contributed by atoms with Gasteiger partial charge < -0.3 is 9.84 Å². The van der Waals surface area contributed by atoms with Crippen LogP contribution in [0.3, 0.4) is 0 Å². The van der Waals surface area contributed by atoms with E-state index >= 15 is 0 Å². The lowest BCUT2D eigenvalue weighted by Crippen LogP contribution is -2.01. The Kier molecular flexibility index (Phi) is 3.04. The Morgan fingerprint density at radius 1 is 1.56 bits per heavy atom. The fourth-order valence-electron chi connectivity index (χ4n) is 1.49. The summed E-state index contributed by atoms with van der Waals surface area (Å²) in [6.07, 6.45) is 1.32. The maximum atomic E-state index is 10.9. The predicted octanol–water partition coefficient (Wildman–Crippen LogP) is 2.39. The Labute approximate surface area is 107 Å². The fourth-order valence-corrected chi connectivity index (χ4v) is 1.73. The first-order chi connectivity index (χ1) is 8.52. The largest absolute Gasteiger partial charge is 0.504 e. The Morgan fingerprint density at radius 2 is 2.28 bits per heavy atom. The molecule has 0 saturated carbocycles. The Hall–Kier alpha value is -2.32. The zero-order chi connectivity index (χ0) is 13.3. The van der Waals surface area contributed by atoms with Gasteiger partial charge in [0.15, 0.2) is 11.5 Å². The second-order valence-corrected chi connectivity index (χ2v) is 3.91. The van der Waals surface area contributed by atoms with Crippen LogP contribution < -0.4 is 4.74 Å². The van der Waals surface area contributed by atoms with Crippen LogP contribution >= 0.6 is 11.6 Å². The number of fused-ring (bicyclic) bond motifs is 1. The standard InChI is InChI=1S/C12H7ClN2O3/c1-6(16)18-11-2-8-9(3-10(11)17)15-5-7(4-14)12(8)13/h2-3,5,17H,1H3. The first-order valence-corrected chi connectivity index (χ1v) is 5.30. The average Bonchev–Trinajstić information content (AvgIpc) is 2.31. The van der Waals surface area contributed by atoms with E-state index in [0.717, 1.165) is 0 Å². The number of halogens is 1. The van der Waals surface area contributed by atoms with Gasteiger partial charge in [0.1, 0.15) is 6.07 Å². The third-order valence-corrected chi connectivity index (χ3v) is 2.66. The SMILES string of the molecule is CC(=O)Oc1cc2c(Cl)c(C#N)cnc2cc1O. The summed E-state index contributed by atoms with van der Waals surface area (Å²) in [6, 6.07) is 4.59.